The summed E-state index contributed by atoms with van der Waals surface area (Å²) >= 11 is 0. The Labute approximate surface area is 171 Å². The van der Waals surface area contributed by atoms with Crippen LogP contribution in [0.5, 0.6) is 0 Å². The molecule has 2 rings (SSSR count). The highest BCUT2D eigenvalue weighted by Crippen LogP contribution is 2.13. The van der Waals surface area contributed by atoms with Crippen molar-refractivity contribution in [1.82, 2.24) is 10.6 Å². The van der Waals surface area contributed by atoms with Crippen molar-refractivity contribution in [2.45, 2.75) is 45.7 Å². The number of aryl methyl sites for hydroxylation is 1. The molecule has 0 aliphatic carbocycles. The maximum Gasteiger partial charge on any atom is 0.308 e. The summed E-state index contributed by atoms with van der Waals surface area (Å²) < 4.78 is 5.03. The van der Waals surface area contributed by atoms with E-state index in [1.54, 1.807) is 31.2 Å². The van der Waals surface area contributed by atoms with Crippen LogP contribution in [0, 0.1) is 0 Å². The van der Waals surface area contributed by atoms with Crippen LogP contribution in [0.15, 0.2) is 54.6 Å². The Hall–Kier alpha value is -3.15. The van der Waals surface area contributed by atoms with E-state index in [1.165, 1.54) is 5.56 Å². The van der Waals surface area contributed by atoms with Gasteiger partial charge in [0.2, 0.25) is 0 Å². The Bertz CT molecular complexity index is 819. The van der Waals surface area contributed by atoms with E-state index >= 15 is 0 Å². The van der Waals surface area contributed by atoms with Gasteiger partial charge in [0.1, 0.15) is 0 Å². The largest absolute Gasteiger partial charge is 0.456 e. The lowest BCUT2D eigenvalue weighted by Crippen LogP contribution is -2.36. The van der Waals surface area contributed by atoms with Crippen LogP contribution in [0.25, 0.3) is 0 Å². The van der Waals surface area contributed by atoms with E-state index in [-0.39, 0.29) is 30.9 Å². The first-order valence-electron chi connectivity index (χ1n) is 9.78. The number of amides is 2. The second-order valence-electron chi connectivity index (χ2n) is 6.99. The molecule has 2 amide bonds. The molecule has 2 atom stereocenters. The van der Waals surface area contributed by atoms with E-state index in [4.69, 9.17) is 4.74 Å². The molecule has 0 aliphatic rings. The third kappa shape index (κ3) is 7.41. The van der Waals surface area contributed by atoms with Crippen molar-refractivity contribution in [1.29, 1.82) is 0 Å². The molecule has 6 nitrogen and oxygen atoms in total. The zero-order chi connectivity index (χ0) is 21.2. The first kappa shape index (κ1) is 22.1. The summed E-state index contributed by atoms with van der Waals surface area (Å²) in [4.78, 5) is 36.1. The predicted octanol–water partition coefficient (Wildman–Crippen LogP) is 3.18. The van der Waals surface area contributed by atoms with Gasteiger partial charge in [-0.2, -0.15) is 0 Å². The summed E-state index contributed by atoms with van der Waals surface area (Å²) in [5.41, 5.74) is 2.74. The summed E-state index contributed by atoms with van der Waals surface area (Å²) in [7, 11) is 0. The maximum absolute atomic E-state index is 12.1. The molecular formula is C23H28N2O4. The number of carbonyl (C=O) groups is 3. The van der Waals surface area contributed by atoms with Crippen molar-refractivity contribution in [3.63, 3.8) is 0 Å². The van der Waals surface area contributed by atoms with E-state index in [1.807, 2.05) is 37.3 Å². The number of esters is 1. The van der Waals surface area contributed by atoms with Crippen LogP contribution >= 0.6 is 0 Å². The van der Waals surface area contributed by atoms with Crippen LogP contribution in [-0.4, -0.2) is 30.4 Å². The fourth-order valence-electron chi connectivity index (χ4n) is 2.81. The second-order valence-corrected chi connectivity index (χ2v) is 6.99. The van der Waals surface area contributed by atoms with Gasteiger partial charge in [-0.15, -0.1) is 0 Å². The first-order valence-corrected chi connectivity index (χ1v) is 9.78. The van der Waals surface area contributed by atoms with Gasteiger partial charge in [0.05, 0.1) is 12.5 Å². The quantitative estimate of drug-likeness (QED) is 0.638. The molecule has 0 bridgehead atoms. The maximum atomic E-state index is 12.1. The molecule has 0 spiro atoms. The Morgan fingerprint density at radius 2 is 1.59 bits per heavy atom. The molecule has 0 saturated carbocycles. The molecule has 154 valence electrons. The fourth-order valence-corrected chi connectivity index (χ4v) is 2.81. The molecule has 2 aromatic rings. The number of rotatable bonds is 9. The minimum absolute atomic E-state index is 0.0140. The number of carbonyl (C=O) groups excluding carboxylic acids is 3. The molecule has 6 heteroatoms. The van der Waals surface area contributed by atoms with Crippen molar-refractivity contribution in [3.8, 4) is 0 Å². The van der Waals surface area contributed by atoms with Crippen LogP contribution in [-0.2, 0) is 20.7 Å². The van der Waals surface area contributed by atoms with Crippen LogP contribution < -0.4 is 10.6 Å². The molecule has 0 aromatic heterocycles. The van der Waals surface area contributed by atoms with Crippen molar-refractivity contribution in [2.24, 2.45) is 0 Å². The topological polar surface area (TPSA) is 84.5 Å². The molecule has 0 radical (unpaired) electrons. The van der Waals surface area contributed by atoms with E-state index < -0.39 is 12.0 Å². The number of ether oxygens (including phenoxy) is 1. The number of hydrogen-bond acceptors (Lipinski definition) is 4. The molecule has 0 aliphatic heterocycles. The monoisotopic (exact) mass is 396 g/mol. The van der Waals surface area contributed by atoms with Gasteiger partial charge in [-0.05, 0) is 43.5 Å². The van der Waals surface area contributed by atoms with Crippen LogP contribution in [0.2, 0.25) is 0 Å². The summed E-state index contributed by atoms with van der Waals surface area (Å²) in [5.74, 6) is -1.17. The highest BCUT2D eigenvalue weighted by Gasteiger charge is 2.16. The van der Waals surface area contributed by atoms with Crippen molar-refractivity contribution in [3.05, 3.63) is 71.3 Å². The zero-order valence-corrected chi connectivity index (χ0v) is 17.1. The molecule has 29 heavy (non-hydrogen) atoms. The third-order valence-electron chi connectivity index (χ3n) is 4.52. The van der Waals surface area contributed by atoms with Gasteiger partial charge in [-0.3, -0.25) is 14.4 Å². The molecule has 2 N–H and O–H groups in total. The molecule has 0 heterocycles. The zero-order valence-electron chi connectivity index (χ0n) is 17.1. The summed E-state index contributed by atoms with van der Waals surface area (Å²) in [6.07, 6.45) is 0.946. The number of nitrogens with one attached hydrogen (secondary N) is 2. The third-order valence-corrected chi connectivity index (χ3v) is 4.52. The van der Waals surface area contributed by atoms with Gasteiger partial charge in [-0.1, -0.05) is 49.4 Å². The molecule has 2 unspecified atom stereocenters. The Morgan fingerprint density at radius 1 is 0.931 bits per heavy atom. The molecule has 0 saturated heterocycles. The van der Waals surface area contributed by atoms with Gasteiger partial charge in [-0.25, -0.2) is 0 Å². The van der Waals surface area contributed by atoms with Crippen LogP contribution in [0.3, 0.4) is 0 Å². The minimum Gasteiger partial charge on any atom is -0.456 e. The van der Waals surface area contributed by atoms with Gasteiger partial charge in [0.15, 0.2) is 6.61 Å². The lowest BCUT2D eigenvalue weighted by Gasteiger charge is -2.16. The number of hydrogen-bond donors (Lipinski definition) is 2. The van der Waals surface area contributed by atoms with Crippen LogP contribution in [0.4, 0.5) is 0 Å². The standard InChI is InChI=1S/C23H28N2O4/c1-4-18-10-12-19(13-11-18)17(3)25-21(26)15-29-22(27)14-16(2)24-23(28)20-8-6-5-7-9-20/h5-13,16-17H,4,14-15H2,1-3H3,(H,24,28)(H,25,26). The minimum atomic E-state index is -0.541. The molecular weight excluding hydrogens is 368 g/mol. The Morgan fingerprint density at radius 3 is 2.21 bits per heavy atom. The van der Waals surface area contributed by atoms with Crippen LogP contribution in [0.1, 0.15) is 54.7 Å². The van der Waals surface area contributed by atoms with Gasteiger partial charge in [0, 0.05) is 11.6 Å². The second kappa shape index (κ2) is 11.0. The lowest BCUT2D eigenvalue weighted by molar-refractivity contribution is -0.149. The van der Waals surface area contributed by atoms with Crippen molar-refractivity contribution in [2.75, 3.05) is 6.61 Å². The normalized spacial score (nSPS) is 12.5. The lowest BCUT2D eigenvalue weighted by atomic mass is 10.1. The summed E-state index contributed by atoms with van der Waals surface area (Å²) in [6.45, 7) is 5.32. The van der Waals surface area contributed by atoms with E-state index in [9.17, 15) is 14.4 Å². The molecule has 2 aromatic carbocycles. The highest BCUT2D eigenvalue weighted by atomic mass is 16.5. The SMILES string of the molecule is CCc1ccc(C(C)NC(=O)COC(=O)CC(C)NC(=O)c2ccccc2)cc1. The number of benzene rings is 2. The Kier molecular flexibility index (Phi) is 8.40. The van der Waals surface area contributed by atoms with Gasteiger partial charge < -0.3 is 15.4 Å². The van der Waals surface area contributed by atoms with Gasteiger partial charge in [0.25, 0.3) is 11.8 Å². The Balaban J connectivity index is 1.71. The average molecular weight is 396 g/mol. The smallest absolute Gasteiger partial charge is 0.308 e. The highest BCUT2D eigenvalue weighted by molar-refractivity contribution is 5.94. The fraction of sp³-hybridized carbons (Fsp3) is 0.348. The van der Waals surface area contributed by atoms with E-state index in [0.29, 0.717) is 5.56 Å². The average Bonchev–Trinajstić information content (AvgIpc) is 2.72. The molecule has 0 fully saturated rings. The van der Waals surface area contributed by atoms with Gasteiger partial charge >= 0.3 is 5.97 Å². The predicted molar refractivity (Wildman–Crippen MR) is 111 cm³/mol. The van der Waals surface area contributed by atoms with E-state index in [2.05, 4.69) is 17.6 Å². The van der Waals surface area contributed by atoms with Crippen molar-refractivity contribution < 1.29 is 19.1 Å². The first-order chi connectivity index (χ1) is 13.9. The van der Waals surface area contributed by atoms with E-state index in [0.717, 1.165) is 12.0 Å². The summed E-state index contributed by atoms with van der Waals surface area (Å²) in [6, 6.07) is 16.2. The van der Waals surface area contributed by atoms with Crippen molar-refractivity contribution >= 4 is 17.8 Å². The summed E-state index contributed by atoms with van der Waals surface area (Å²) in [5, 5.41) is 5.55.